The maximum Gasteiger partial charge on any atom is 0.343 e. The van der Waals surface area contributed by atoms with E-state index < -0.39 is 13.2 Å². The Kier molecular flexibility index (Phi) is 3.52. The topological polar surface area (TPSA) is 65.7 Å². The van der Waals surface area contributed by atoms with Crippen LogP contribution in [0, 0.1) is 5.41 Å². The van der Waals surface area contributed by atoms with Crippen molar-refractivity contribution in [3.8, 4) is 0 Å². The van der Waals surface area contributed by atoms with E-state index in [1.165, 1.54) is 6.26 Å². The van der Waals surface area contributed by atoms with E-state index in [2.05, 4.69) is 0 Å². The highest BCUT2D eigenvalue weighted by molar-refractivity contribution is 7.53. The van der Waals surface area contributed by atoms with E-state index in [9.17, 15) is 9.36 Å². The maximum absolute atomic E-state index is 12.7. The first-order valence-corrected chi connectivity index (χ1v) is 8.49. The molecular weight excluding hydrogens is 291 g/mol. The Balaban J connectivity index is 1.94. The summed E-state index contributed by atoms with van der Waals surface area (Å²) in [5.41, 5.74) is 0.117. The molecule has 2 heterocycles. The zero-order valence-corrected chi connectivity index (χ0v) is 12.9. The molecule has 1 aliphatic heterocycles. The van der Waals surface area contributed by atoms with E-state index in [4.69, 9.17) is 13.5 Å². The lowest BCUT2D eigenvalue weighted by atomic mass is 9.97. The summed E-state index contributed by atoms with van der Waals surface area (Å²) in [6.45, 7) is 4.76. The molecule has 1 fully saturated rings. The average molecular weight is 308 g/mol. The highest BCUT2D eigenvalue weighted by Gasteiger charge is 2.37. The molecular formula is C15H17O5P. The fourth-order valence-corrected chi connectivity index (χ4v) is 4.25. The fraction of sp³-hybridized carbons (Fsp3) is 0.400. The summed E-state index contributed by atoms with van der Waals surface area (Å²) in [6.07, 6.45) is 1.45. The van der Waals surface area contributed by atoms with E-state index in [0.29, 0.717) is 24.2 Å². The van der Waals surface area contributed by atoms with Crippen molar-refractivity contribution in [1.82, 2.24) is 0 Å². The van der Waals surface area contributed by atoms with Gasteiger partial charge in [0.15, 0.2) is 0 Å². The van der Waals surface area contributed by atoms with Crippen LogP contribution in [-0.4, -0.2) is 13.2 Å². The highest BCUT2D eigenvalue weighted by Crippen LogP contribution is 2.56. The van der Waals surface area contributed by atoms with Crippen LogP contribution in [0.5, 0.6) is 0 Å². The predicted molar refractivity (Wildman–Crippen MR) is 79.5 cm³/mol. The van der Waals surface area contributed by atoms with Gasteiger partial charge in [-0.25, -0.2) is 4.79 Å². The van der Waals surface area contributed by atoms with Gasteiger partial charge in [0, 0.05) is 11.0 Å². The molecule has 21 heavy (non-hydrogen) atoms. The van der Waals surface area contributed by atoms with Crippen LogP contribution in [0.15, 0.2) is 39.7 Å². The van der Waals surface area contributed by atoms with Crippen LogP contribution in [0.2, 0.25) is 0 Å². The van der Waals surface area contributed by atoms with Crippen LogP contribution < -0.4 is 5.63 Å². The second kappa shape index (κ2) is 5.09. The molecule has 2 aromatic rings. The molecule has 1 aromatic carbocycles. The van der Waals surface area contributed by atoms with E-state index in [1.54, 1.807) is 12.1 Å². The van der Waals surface area contributed by atoms with Crippen LogP contribution in [0.4, 0.5) is 0 Å². The van der Waals surface area contributed by atoms with Gasteiger partial charge in [0.1, 0.15) is 0 Å². The van der Waals surface area contributed by atoms with Gasteiger partial charge in [-0.05, 0) is 11.5 Å². The SMILES string of the molecule is CC1(C)COP(=O)(Cc2coc(=O)c3ccccc23)OC1. The fourth-order valence-electron chi connectivity index (χ4n) is 2.24. The largest absolute Gasteiger partial charge is 0.431 e. The lowest BCUT2D eigenvalue weighted by molar-refractivity contribution is 0.0409. The molecule has 1 aromatic heterocycles. The van der Waals surface area contributed by atoms with Crippen LogP contribution >= 0.6 is 7.60 Å². The first-order valence-electron chi connectivity index (χ1n) is 6.76. The third-order valence-electron chi connectivity index (χ3n) is 3.47. The van der Waals surface area contributed by atoms with Gasteiger partial charge in [-0.2, -0.15) is 0 Å². The Morgan fingerprint density at radius 1 is 1.14 bits per heavy atom. The summed E-state index contributed by atoms with van der Waals surface area (Å²) < 4.78 is 28.6. The summed E-state index contributed by atoms with van der Waals surface area (Å²) in [4.78, 5) is 11.7. The second-order valence-corrected chi connectivity index (χ2v) is 8.13. The summed E-state index contributed by atoms with van der Waals surface area (Å²) >= 11 is 0. The van der Waals surface area contributed by atoms with Crippen molar-refractivity contribution in [2.24, 2.45) is 5.41 Å². The number of hydrogen-bond acceptors (Lipinski definition) is 5. The number of hydrogen-bond donors (Lipinski definition) is 0. The van der Waals surface area contributed by atoms with Gasteiger partial charge < -0.3 is 13.5 Å². The second-order valence-electron chi connectivity index (χ2n) is 6.07. The number of rotatable bonds is 2. The average Bonchev–Trinajstić information content (AvgIpc) is 2.46. The Hall–Kier alpha value is -1.42. The molecule has 0 bridgehead atoms. The minimum atomic E-state index is -3.20. The van der Waals surface area contributed by atoms with Crippen molar-refractivity contribution < 1.29 is 18.0 Å². The number of fused-ring (bicyclic) bond motifs is 1. The van der Waals surface area contributed by atoms with Gasteiger partial charge in [0.05, 0.1) is 31.0 Å². The standard InChI is InChI=1S/C15H17O5P/c1-15(2)9-19-21(17,20-10-15)8-11-7-18-14(16)13-6-4-3-5-12(11)13/h3-7H,8-10H2,1-2H3. The summed E-state index contributed by atoms with van der Waals surface area (Å²) in [5, 5.41) is 1.19. The predicted octanol–water partition coefficient (Wildman–Crippen LogP) is 3.56. The van der Waals surface area contributed by atoms with Gasteiger partial charge in [-0.15, -0.1) is 0 Å². The van der Waals surface area contributed by atoms with Crippen molar-refractivity contribution >= 4 is 18.4 Å². The molecule has 0 atom stereocenters. The molecule has 5 nitrogen and oxygen atoms in total. The van der Waals surface area contributed by atoms with Crippen LogP contribution in [0.3, 0.4) is 0 Å². The third kappa shape index (κ3) is 2.95. The van der Waals surface area contributed by atoms with E-state index in [0.717, 1.165) is 5.39 Å². The smallest absolute Gasteiger partial charge is 0.343 e. The molecule has 0 radical (unpaired) electrons. The molecule has 112 valence electrons. The quantitative estimate of drug-likeness (QED) is 0.794. The molecule has 0 saturated carbocycles. The van der Waals surface area contributed by atoms with Gasteiger partial charge in [-0.3, -0.25) is 4.57 Å². The lowest BCUT2D eigenvalue weighted by Crippen LogP contribution is -2.29. The zero-order chi connectivity index (χ0) is 15.1. The van der Waals surface area contributed by atoms with E-state index in [-0.39, 0.29) is 11.6 Å². The van der Waals surface area contributed by atoms with E-state index in [1.807, 2.05) is 26.0 Å². The number of benzene rings is 1. The Bertz CT molecular complexity index is 763. The first kappa shape index (κ1) is 14.5. The summed E-state index contributed by atoms with van der Waals surface area (Å²) in [5.74, 6) is 0. The molecule has 0 amide bonds. The minimum Gasteiger partial charge on any atom is -0.431 e. The third-order valence-corrected chi connectivity index (χ3v) is 5.24. The molecule has 0 aliphatic carbocycles. The normalized spacial score (nSPS) is 20.5. The minimum absolute atomic E-state index is 0.105. The summed E-state index contributed by atoms with van der Waals surface area (Å²) in [7, 11) is -3.20. The van der Waals surface area contributed by atoms with Gasteiger partial charge >= 0.3 is 13.2 Å². The highest BCUT2D eigenvalue weighted by atomic mass is 31.2. The molecule has 3 rings (SSSR count). The molecule has 6 heteroatoms. The monoisotopic (exact) mass is 308 g/mol. The van der Waals surface area contributed by atoms with E-state index >= 15 is 0 Å². The van der Waals surface area contributed by atoms with Gasteiger partial charge in [0.25, 0.3) is 0 Å². The van der Waals surface area contributed by atoms with Crippen molar-refractivity contribution in [2.75, 3.05) is 13.2 Å². The summed E-state index contributed by atoms with van der Waals surface area (Å²) in [6, 6.07) is 7.09. The van der Waals surface area contributed by atoms with Crippen LogP contribution in [-0.2, 0) is 19.8 Å². The Morgan fingerprint density at radius 2 is 1.76 bits per heavy atom. The molecule has 1 saturated heterocycles. The first-order chi connectivity index (χ1) is 9.89. The van der Waals surface area contributed by atoms with Gasteiger partial charge in [0.2, 0.25) is 0 Å². The Labute approximate surface area is 122 Å². The lowest BCUT2D eigenvalue weighted by Gasteiger charge is -2.34. The van der Waals surface area contributed by atoms with Crippen molar-refractivity contribution in [1.29, 1.82) is 0 Å². The van der Waals surface area contributed by atoms with Gasteiger partial charge in [-0.1, -0.05) is 32.0 Å². The molecule has 0 N–H and O–H groups in total. The van der Waals surface area contributed by atoms with Crippen molar-refractivity contribution in [2.45, 2.75) is 20.0 Å². The molecule has 0 spiro atoms. The van der Waals surface area contributed by atoms with Crippen LogP contribution in [0.25, 0.3) is 10.8 Å². The maximum atomic E-state index is 12.7. The van der Waals surface area contributed by atoms with Crippen molar-refractivity contribution in [3.05, 3.63) is 46.5 Å². The molecule has 1 aliphatic rings. The van der Waals surface area contributed by atoms with Crippen molar-refractivity contribution in [3.63, 3.8) is 0 Å². The molecule has 0 unspecified atom stereocenters. The van der Waals surface area contributed by atoms with Crippen LogP contribution in [0.1, 0.15) is 19.4 Å². The zero-order valence-electron chi connectivity index (χ0n) is 12.0. The Morgan fingerprint density at radius 3 is 2.43 bits per heavy atom.